The average molecular weight is 184 g/mol. The lowest BCUT2D eigenvalue weighted by atomic mass is 9.91. The topological polar surface area (TPSA) is 96.2 Å². The molecule has 0 fully saturated rings. The van der Waals surface area contributed by atoms with Gasteiger partial charge in [-0.05, 0) is 6.92 Å². The van der Waals surface area contributed by atoms with Crippen molar-refractivity contribution < 1.29 is 19.5 Å². The van der Waals surface area contributed by atoms with Crippen LogP contribution in [0.15, 0.2) is 9.98 Å². The molecule has 0 aromatic rings. The van der Waals surface area contributed by atoms with Gasteiger partial charge in [0.2, 0.25) is 12.2 Å². The number of carboxylic acids is 1. The second-order valence-corrected chi connectivity index (χ2v) is 2.68. The van der Waals surface area contributed by atoms with Crippen LogP contribution in [0.4, 0.5) is 0 Å². The molecule has 0 saturated carbocycles. The highest BCUT2D eigenvalue weighted by atomic mass is 16.4. The van der Waals surface area contributed by atoms with E-state index in [2.05, 4.69) is 9.98 Å². The second kappa shape index (κ2) is 4.98. The minimum atomic E-state index is -1.34. The first-order chi connectivity index (χ1) is 6.06. The summed E-state index contributed by atoms with van der Waals surface area (Å²) in [6.07, 6.45) is 2.45. The fraction of sp³-hybridized carbons (Fsp3) is 0.571. The van der Waals surface area contributed by atoms with Crippen LogP contribution in [0.5, 0.6) is 0 Å². The Morgan fingerprint density at radius 1 is 1.31 bits per heavy atom. The molecule has 0 bridgehead atoms. The van der Waals surface area contributed by atoms with Crippen LogP contribution >= 0.6 is 0 Å². The minimum absolute atomic E-state index is 0.253. The van der Waals surface area contributed by atoms with Gasteiger partial charge in [0, 0.05) is 0 Å². The molecule has 0 amide bonds. The first-order valence-corrected chi connectivity index (χ1v) is 3.37. The van der Waals surface area contributed by atoms with Gasteiger partial charge in [0.15, 0.2) is 0 Å². The van der Waals surface area contributed by atoms with Crippen LogP contribution in [-0.2, 0) is 14.4 Å². The summed E-state index contributed by atoms with van der Waals surface area (Å²) >= 11 is 0. The summed E-state index contributed by atoms with van der Waals surface area (Å²) in [6.45, 7) is 0.824. The molecule has 0 spiro atoms. The minimum Gasteiger partial charge on any atom is -0.481 e. The number of carboxylic acid groups (broad SMARTS) is 1. The van der Waals surface area contributed by atoms with Crippen molar-refractivity contribution in [3.05, 3.63) is 0 Å². The van der Waals surface area contributed by atoms with Gasteiger partial charge in [-0.25, -0.2) is 19.6 Å². The molecule has 70 valence electrons. The quantitative estimate of drug-likeness (QED) is 0.470. The lowest BCUT2D eigenvalue weighted by Crippen LogP contribution is -2.33. The molecule has 0 aromatic carbocycles. The maximum absolute atomic E-state index is 10.7. The molecular formula is C7H8N2O4. The van der Waals surface area contributed by atoms with Crippen molar-refractivity contribution in [2.75, 3.05) is 13.1 Å². The Hall–Kier alpha value is -1.77. The van der Waals surface area contributed by atoms with Crippen molar-refractivity contribution >= 4 is 18.1 Å². The molecule has 0 saturated heterocycles. The fourth-order valence-electron chi connectivity index (χ4n) is 0.599. The summed E-state index contributed by atoms with van der Waals surface area (Å²) in [4.78, 5) is 36.4. The molecule has 0 radical (unpaired) electrons. The second-order valence-electron chi connectivity index (χ2n) is 2.68. The van der Waals surface area contributed by atoms with E-state index >= 15 is 0 Å². The van der Waals surface area contributed by atoms with Gasteiger partial charge in [-0.1, -0.05) is 0 Å². The Morgan fingerprint density at radius 2 is 1.69 bits per heavy atom. The fourth-order valence-corrected chi connectivity index (χ4v) is 0.599. The number of isocyanates is 2. The molecule has 0 heterocycles. The van der Waals surface area contributed by atoms with Gasteiger partial charge in [-0.2, -0.15) is 0 Å². The van der Waals surface area contributed by atoms with Crippen molar-refractivity contribution in [3.8, 4) is 0 Å². The molecule has 0 aliphatic heterocycles. The molecule has 0 unspecified atom stereocenters. The third-order valence-electron chi connectivity index (χ3n) is 1.50. The van der Waals surface area contributed by atoms with E-state index in [4.69, 9.17) is 5.11 Å². The average Bonchev–Trinajstić information content (AvgIpc) is 2.11. The Morgan fingerprint density at radius 3 is 1.92 bits per heavy atom. The summed E-state index contributed by atoms with van der Waals surface area (Å²) in [5.41, 5.74) is -1.34. The molecule has 0 aromatic heterocycles. The molecule has 13 heavy (non-hydrogen) atoms. The monoisotopic (exact) mass is 184 g/mol. The van der Waals surface area contributed by atoms with Gasteiger partial charge >= 0.3 is 5.97 Å². The van der Waals surface area contributed by atoms with E-state index in [0.29, 0.717) is 0 Å². The number of aliphatic imine (C=N–C) groups is 2. The third-order valence-corrected chi connectivity index (χ3v) is 1.50. The van der Waals surface area contributed by atoms with E-state index in [1.807, 2.05) is 0 Å². The van der Waals surface area contributed by atoms with E-state index < -0.39 is 11.4 Å². The van der Waals surface area contributed by atoms with Crippen molar-refractivity contribution in [2.45, 2.75) is 6.92 Å². The highest BCUT2D eigenvalue weighted by Crippen LogP contribution is 2.17. The molecule has 6 nitrogen and oxygen atoms in total. The molecule has 0 rings (SSSR count). The Bertz CT molecular complexity index is 267. The molecule has 0 aliphatic carbocycles. The number of hydrogen-bond donors (Lipinski definition) is 1. The van der Waals surface area contributed by atoms with Crippen LogP contribution in [0.25, 0.3) is 0 Å². The van der Waals surface area contributed by atoms with Crippen molar-refractivity contribution in [2.24, 2.45) is 15.4 Å². The highest BCUT2D eigenvalue weighted by Gasteiger charge is 2.32. The zero-order valence-electron chi connectivity index (χ0n) is 6.98. The van der Waals surface area contributed by atoms with Crippen LogP contribution in [-0.4, -0.2) is 36.3 Å². The molecule has 0 aliphatic rings. The maximum atomic E-state index is 10.7. The standard InChI is InChI=1S/C7H8N2O4/c1-7(6(12)13,2-8-4-10)3-9-5-11/h2-3H2,1H3,(H,12,13). The third kappa shape index (κ3) is 3.42. The van der Waals surface area contributed by atoms with Crippen molar-refractivity contribution in [1.29, 1.82) is 0 Å². The number of aliphatic carboxylic acids is 1. The molecule has 6 heteroatoms. The van der Waals surface area contributed by atoms with E-state index in [1.54, 1.807) is 0 Å². The predicted molar refractivity (Wildman–Crippen MR) is 41.7 cm³/mol. The van der Waals surface area contributed by atoms with Crippen LogP contribution < -0.4 is 0 Å². The summed E-state index contributed by atoms with van der Waals surface area (Å²) < 4.78 is 0. The summed E-state index contributed by atoms with van der Waals surface area (Å²) in [7, 11) is 0. The molecule has 1 N–H and O–H groups in total. The van der Waals surface area contributed by atoms with Crippen molar-refractivity contribution in [3.63, 3.8) is 0 Å². The summed E-state index contributed by atoms with van der Waals surface area (Å²) in [5.74, 6) is -1.18. The Balaban J connectivity index is 4.60. The summed E-state index contributed by atoms with van der Waals surface area (Å²) in [5, 5.41) is 8.71. The van der Waals surface area contributed by atoms with E-state index in [9.17, 15) is 14.4 Å². The smallest absolute Gasteiger partial charge is 0.313 e. The van der Waals surface area contributed by atoms with Gasteiger partial charge in [0.25, 0.3) is 0 Å². The van der Waals surface area contributed by atoms with Crippen LogP contribution in [0.3, 0.4) is 0 Å². The highest BCUT2D eigenvalue weighted by molar-refractivity contribution is 5.75. The number of nitrogens with zero attached hydrogens (tertiary/aromatic N) is 2. The van der Waals surface area contributed by atoms with E-state index in [-0.39, 0.29) is 13.1 Å². The first-order valence-electron chi connectivity index (χ1n) is 3.37. The maximum Gasteiger partial charge on any atom is 0.313 e. The molecule has 0 atom stereocenters. The van der Waals surface area contributed by atoms with Gasteiger partial charge in [-0.3, -0.25) is 4.79 Å². The van der Waals surface area contributed by atoms with Crippen LogP contribution in [0.2, 0.25) is 0 Å². The number of carbonyl (C=O) groups is 1. The number of rotatable bonds is 5. The van der Waals surface area contributed by atoms with E-state index in [1.165, 1.54) is 19.1 Å². The van der Waals surface area contributed by atoms with Crippen LogP contribution in [0, 0.1) is 5.41 Å². The summed E-state index contributed by atoms with van der Waals surface area (Å²) in [6, 6.07) is 0. The molecular weight excluding hydrogens is 176 g/mol. The van der Waals surface area contributed by atoms with Crippen molar-refractivity contribution in [1.82, 2.24) is 0 Å². The van der Waals surface area contributed by atoms with Gasteiger partial charge in [0.1, 0.15) is 5.41 Å². The van der Waals surface area contributed by atoms with E-state index in [0.717, 1.165) is 0 Å². The SMILES string of the molecule is CC(CN=C=O)(CN=C=O)C(=O)O. The normalized spacial score (nSPS) is 13.3. The lowest BCUT2D eigenvalue weighted by molar-refractivity contribution is -0.146. The zero-order valence-corrected chi connectivity index (χ0v) is 6.98. The lowest BCUT2D eigenvalue weighted by Gasteiger charge is -2.17. The van der Waals surface area contributed by atoms with Crippen LogP contribution in [0.1, 0.15) is 6.92 Å². The largest absolute Gasteiger partial charge is 0.481 e. The zero-order chi connectivity index (χ0) is 10.3. The van der Waals surface area contributed by atoms with Gasteiger partial charge in [-0.15, -0.1) is 0 Å². The number of hydrogen-bond acceptors (Lipinski definition) is 5. The Kier molecular flexibility index (Phi) is 4.30. The Labute approximate surface area is 74.0 Å². The predicted octanol–water partition coefficient (Wildman–Crippen LogP) is -0.251. The van der Waals surface area contributed by atoms with Gasteiger partial charge < -0.3 is 5.11 Å². The first kappa shape index (κ1) is 11.2. The van der Waals surface area contributed by atoms with Gasteiger partial charge in [0.05, 0.1) is 13.1 Å². The number of carbonyl (C=O) groups excluding carboxylic acids is 2.